The van der Waals surface area contributed by atoms with Crippen molar-refractivity contribution in [2.24, 2.45) is 5.10 Å². The minimum atomic E-state index is -1.18. The van der Waals surface area contributed by atoms with E-state index >= 15 is 0 Å². The minimum absolute atomic E-state index is 0.175. The molecule has 4 rings (SSSR count). The average Bonchev–Trinajstić information content (AvgIpc) is 3.03. The SMILES string of the molecule is CCOc1cc([C@@H]2NC(=O)NC(C)=C2C(=O)OC)ccc1OC[C@H](O)N/N=C/c1cccc(OC)c1OCc1ccc(Cl)cc1. The number of nitrogens with one attached hydrogen (secondary N) is 3. The highest BCUT2D eigenvalue weighted by Gasteiger charge is 2.32. The van der Waals surface area contributed by atoms with Gasteiger partial charge in [0.15, 0.2) is 29.2 Å². The largest absolute Gasteiger partial charge is 0.493 e. The van der Waals surface area contributed by atoms with E-state index in [1.54, 1.807) is 62.6 Å². The van der Waals surface area contributed by atoms with Gasteiger partial charge in [0.25, 0.3) is 0 Å². The normalized spacial score (nSPS) is 15.2. The molecule has 0 aromatic heterocycles. The second-order valence-corrected chi connectivity index (χ2v) is 10.1. The van der Waals surface area contributed by atoms with E-state index in [0.29, 0.717) is 51.5 Å². The van der Waals surface area contributed by atoms with Gasteiger partial charge in [-0.2, -0.15) is 5.10 Å². The number of rotatable bonds is 14. The number of hydrogen-bond donors (Lipinski definition) is 4. The Balaban J connectivity index is 1.42. The van der Waals surface area contributed by atoms with Gasteiger partial charge in [0.2, 0.25) is 0 Å². The minimum Gasteiger partial charge on any atom is -0.493 e. The molecule has 4 N–H and O–H groups in total. The number of urea groups is 1. The van der Waals surface area contributed by atoms with Crippen molar-refractivity contribution >= 4 is 29.8 Å². The Kier molecular flexibility index (Phi) is 11.5. The summed E-state index contributed by atoms with van der Waals surface area (Å²) in [6.07, 6.45) is 0.324. The molecule has 0 fully saturated rings. The van der Waals surface area contributed by atoms with Crippen LogP contribution >= 0.6 is 11.6 Å². The maximum Gasteiger partial charge on any atom is 0.337 e. The molecule has 0 spiro atoms. The van der Waals surface area contributed by atoms with Gasteiger partial charge in [0, 0.05) is 16.3 Å². The monoisotopic (exact) mass is 638 g/mol. The molecule has 1 heterocycles. The molecule has 238 valence electrons. The second-order valence-electron chi connectivity index (χ2n) is 9.71. The number of halogens is 1. The lowest BCUT2D eigenvalue weighted by molar-refractivity contribution is -0.136. The number of carbonyl (C=O) groups excluding carboxylic acids is 2. The van der Waals surface area contributed by atoms with Crippen LogP contribution in [-0.2, 0) is 16.1 Å². The molecule has 2 atom stereocenters. The number of aliphatic hydroxyl groups excluding tert-OH is 1. The Labute approximate surface area is 265 Å². The second kappa shape index (κ2) is 15.7. The molecule has 2 amide bonds. The van der Waals surface area contributed by atoms with Crippen LogP contribution in [0, 0.1) is 0 Å². The van der Waals surface area contributed by atoms with E-state index in [4.69, 9.17) is 35.3 Å². The van der Waals surface area contributed by atoms with E-state index in [2.05, 4.69) is 21.2 Å². The predicted molar refractivity (Wildman–Crippen MR) is 168 cm³/mol. The molecular weight excluding hydrogens is 604 g/mol. The zero-order valence-corrected chi connectivity index (χ0v) is 26.0. The Morgan fingerprint density at radius 1 is 1.07 bits per heavy atom. The summed E-state index contributed by atoms with van der Waals surface area (Å²) >= 11 is 5.98. The third-order valence-electron chi connectivity index (χ3n) is 6.63. The van der Waals surface area contributed by atoms with Crippen LogP contribution < -0.4 is 35.0 Å². The summed E-state index contributed by atoms with van der Waals surface area (Å²) in [5.41, 5.74) is 5.41. The predicted octanol–water partition coefficient (Wildman–Crippen LogP) is 4.45. The quantitative estimate of drug-likeness (QED) is 0.0870. The van der Waals surface area contributed by atoms with Gasteiger partial charge >= 0.3 is 12.0 Å². The van der Waals surface area contributed by atoms with Gasteiger partial charge in [-0.3, -0.25) is 5.43 Å². The van der Waals surface area contributed by atoms with Gasteiger partial charge in [-0.15, -0.1) is 0 Å². The number of esters is 1. The van der Waals surface area contributed by atoms with Crippen LogP contribution in [0.1, 0.15) is 36.6 Å². The van der Waals surface area contributed by atoms with Crippen molar-refractivity contribution in [1.82, 2.24) is 16.1 Å². The van der Waals surface area contributed by atoms with E-state index in [0.717, 1.165) is 5.56 Å². The van der Waals surface area contributed by atoms with Gasteiger partial charge in [0.05, 0.1) is 38.7 Å². The summed E-state index contributed by atoms with van der Waals surface area (Å²) in [6, 6.07) is 16.5. The lowest BCUT2D eigenvalue weighted by Gasteiger charge is -2.28. The van der Waals surface area contributed by atoms with E-state index in [1.165, 1.54) is 13.3 Å². The number of aliphatic hydroxyl groups is 1. The number of hydrazone groups is 1. The van der Waals surface area contributed by atoms with Crippen LogP contribution in [0.4, 0.5) is 4.79 Å². The molecular formula is C32H35ClN4O8. The van der Waals surface area contributed by atoms with Crippen LogP contribution in [0.15, 0.2) is 77.0 Å². The van der Waals surface area contributed by atoms with Gasteiger partial charge in [-0.1, -0.05) is 35.9 Å². The maximum absolute atomic E-state index is 12.5. The van der Waals surface area contributed by atoms with E-state index in [-0.39, 0.29) is 18.8 Å². The Hall–Kier alpha value is -4.94. The number of amides is 2. The van der Waals surface area contributed by atoms with Crippen molar-refractivity contribution in [3.8, 4) is 23.0 Å². The van der Waals surface area contributed by atoms with Crippen LogP contribution in [0.5, 0.6) is 23.0 Å². The standard InChI is InChI=1S/C32H35ClN4O8/c1-5-43-26-15-21(29-28(31(39)42-4)19(2)35-32(40)36-29)11-14-24(26)44-18-27(38)37-34-16-22-7-6-8-25(41-3)30(22)45-17-20-9-12-23(33)13-10-20/h6-16,27,29,37-38H,5,17-18H2,1-4H3,(H2,35,36,40)/b34-16+/t27-,29-/m0/s1. The van der Waals surface area contributed by atoms with E-state index < -0.39 is 24.3 Å². The molecule has 12 nitrogen and oxygen atoms in total. The third-order valence-corrected chi connectivity index (χ3v) is 6.88. The molecule has 0 bridgehead atoms. The number of allylic oxidation sites excluding steroid dienone is 1. The van der Waals surface area contributed by atoms with Crippen molar-refractivity contribution in [2.45, 2.75) is 32.7 Å². The Morgan fingerprint density at radius 2 is 1.84 bits per heavy atom. The first kappa shape index (κ1) is 33.0. The molecule has 3 aromatic rings. The fraction of sp³-hybridized carbons (Fsp3) is 0.281. The highest BCUT2D eigenvalue weighted by atomic mass is 35.5. The average molecular weight is 639 g/mol. The smallest absolute Gasteiger partial charge is 0.337 e. The fourth-order valence-corrected chi connectivity index (χ4v) is 4.63. The topological polar surface area (TPSA) is 149 Å². The van der Waals surface area contributed by atoms with Crippen LogP contribution in [0.2, 0.25) is 5.02 Å². The summed E-state index contributed by atoms with van der Waals surface area (Å²) in [4.78, 5) is 24.6. The van der Waals surface area contributed by atoms with Crippen molar-refractivity contribution in [3.05, 3.63) is 93.6 Å². The fourth-order valence-electron chi connectivity index (χ4n) is 4.50. The number of nitrogens with zero attached hydrogens (tertiary/aromatic N) is 1. The van der Waals surface area contributed by atoms with Crippen molar-refractivity contribution in [3.63, 3.8) is 0 Å². The van der Waals surface area contributed by atoms with Crippen LogP contribution in [0.3, 0.4) is 0 Å². The molecule has 0 aliphatic carbocycles. The summed E-state index contributed by atoms with van der Waals surface area (Å²) in [6.45, 7) is 3.87. The first-order valence-electron chi connectivity index (χ1n) is 14.0. The number of benzene rings is 3. The van der Waals surface area contributed by atoms with E-state index in [1.807, 2.05) is 19.1 Å². The molecule has 45 heavy (non-hydrogen) atoms. The van der Waals surface area contributed by atoms with Gasteiger partial charge in [-0.25, -0.2) is 9.59 Å². The number of carbonyl (C=O) groups is 2. The number of methoxy groups -OCH3 is 2. The number of ether oxygens (including phenoxy) is 5. The Morgan fingerprint density at radius 3 is 2.56 bits per heavy atom. The van der Waals surface area contributed by atoms with Crippen molar-refractivity contribution in [1.29, 1.82) is 0 Å². The molecule has 0 radical (unpaired) electrons. The van der Waals surface area contributed by atoms with Crippen molar-refractivity contribution in [2.75, 3.05) is 27.4 Å². The first-order chi connectivity index (χ1) is 21.7. The molecule has 1 aliphatic rings. The van der Waals surface area contributed by atoms with Crippen molar-refractivity contribution < 1.29 is 38.4 Å². The highest BCUT2D eigenvalue weighted by molar-refractivity contribution is 6.30. The van der Waals surface area contributed by atoms with Gasteiger partial charge in [0.1, 0.15) is 13.2 Å². The Bertz CT molecular complexity index is 1560. The summed E-state index contributed by atoms with van der Waals surface area (Å²) in [5, 5.41) is 20.6. The molecule has 0 saturated carbocycles. The van der Waals surface area contributed by atoms with Gasteiger partial charge < -0.3 is 39.4 Å². The molecule has 1 aliphatic heterocycles. The van der Waals surface area contributed by atoms with Crippen LogP contribution in [0.25, 0.3) is 0 Å². The maximum atomic E-state index is 12.5. The highest BCUT2D eigenvalue weighted by Crippen LogP contribution is 2.35. The third kappa shape index (κ3) is 8.58. The van der Waals surface area contributed by atoms with E-state index in [9.17, 15) is 14.7 Å². The summed E-state index contributed by atoms with van der Waals surface area (Å²) < 4.78 is 28.0. The lowest BCUT2D eigenvalue weighted by Crippen LogP contribution is -2.45. The number of hydrogen-bond acceptors (Lipinski definition) is 10. The first-order valence-corrected chi connectivity index (χ1v) is 14.4. The lowest BCUT2D eigenvalue weighted by atomic mass is 9.95. The summed E-state index contributed by atoms with van der Waals surface area (Å²) in [5.74, 6) is 1.14. The molecule has 0 unspecified atom stereocenters. The van der Waals surface area contributed by atoms with Gasteiger partial charge in [-0.05, 0) is 61.4 Å². The molecule has 0 saturated heterocycles. The molecule has 13 heteroatoms. The number of para-hydroxylation sites is 1. The molecule has 3 aromatic carbocycles. The zero-order chi connectivity index (χ0) is 32.3. The zero-order valence-electron chi connectivity index (χ0n) is 25.3. The summed E-state index contributed by atoms with van der Waals surface area (Å²) in [7, 11) is 2.82. The van der Waals surface area contributed by atoms with Crippen LogP contribution in [-0.4, -0.2) is 57.0 Å².